The van der Waals surface area contributed by atoms with Crippen LogP contribution in [0.3, 0.4) is 0 Å². The van der Waals surface area contributed by atoms with Crippen LogP contribution >= 0.6 is 0 Å². The zero-order valence-corrected chi connectivity index (χ0v) is 13.8. The van der Waals surface area contributed by atoms with E-state index in [1.165, 1.54) is 23.4 Å². The minimum atomic E-state index is -0.384. The van der Waals surface area contributed by atoms with Gasteiger partial charge in [0.15, 0.2) is 0 Å². The fourth-order valence-electron chi connectivity index (χ4n) is 3.39. The SMILES string of the molecule is CC(=O)Oc1ccc(C(=O)Nc2ccc3c4c(cccc24)CC3)cc1. The highest BCUT2D eigenvalue weighted by molar-refractivity contribution is 6.10. The van der Waals surface area contributed by atoms with Crippen molar-refractivity contribution < 1.29 is 14.3 Å². The van der Waals surface area contributed by atoms with Crippen LogP contribution in [-0.4, -0.2) is 11.9 Å². The zero-order chi connectivity index (χ0) is 17.4. The molecule has 0 saturated heterocycles. The summed E-state index contributed by atoms with van der Waals surface area (Å²) in [6, 6.07) is 16.8. The summed E-state index contributed by atoms with van der Waals surface area (Å²) in [5, 5.41) is 5.35. The number of amides is 1. The van der Waals surface area contributed by atoms with Crippen LogP contribution in [0, 0.1) is 0 Å². The van der Waals surface area contributed by atoms with Gasteiger partial charge in [0, 0.05) is 23.6 Å². The molecule has 1 aliphatic carbocycles. The molecule has 4 heteroatoms. The fourth-order valence-corrected chi connectivity index (χ4v) is 3.39. The lowest BCUT2D eigenvalue weighted by Crippen LogP contribution is -2.12. The van der Waals surface area contributed by atoms with Crippen LogP contribution in [-0.2, 0) is 17.6 Å². The fraction of sp³-hybridized carbons (Fsp3) is 0.143. The summed E-state index contributed by atoms with van der Waals surface area (Å²) in [4.78, 5) is 23.5. The quantitative estimate of drug-likeness (QED) is 0.580. The number of anilines is 1. The maximum Gasteiger partial charge on any atom is 0.308 e. The number of carbonyl (C=O) groups is 2. The van der Waals surface area contributed by atoms with Crippen LogP contribution in [0.1, 0.15) is 28.4 Å². The van der Waals surface area contributed by atoms with Gasteiger partial charge in [-0.2, -0.15) is 0 Å². The molecule has 0 unspecified atom stereocenters. The van der Waals surface area contributed by atoms with E-state index >= 15 is 0 Å². The Morgan fingerprint density at radius 2 is 1.64 bits per heavy atom. The van der Waals surface area contributed by atoms with Gasteiger partial charge < -0.3 is 10.1 Å². The van der Waals surface area contributed by atoms with Crippen molar-refractivity contribution in [3.8, 4) is 5.75 Å². The molecule has 0 saturated carbocycles. The molecule has 1 N–H and O–H groups in total. The molecule has 0 heterocycles. The molecular weight excluding hydrogens is 314 g/mol. The molecule has 1 amide bonds. The van der Waals surface area contributed by atoms with Crippen molar-refractivity contribution in [3.05, 3.63) is 71.3 Å². The molecule has 0 radical (unpaired) electrons. The predicted octanol–water partition coefficient (Wildman–Crippen LogP) is 4.12. The summed E-state index contributed by atoms with van der Waals surface area (Å²) < 4.78 is 4.99. The van der Waals surface area contributed by atoms with Crippen LogP contribution in [0.25, 0.3) is 10.8 Å². The molecule has 3 aromatic rings. The number of carbonyl (C=O) groups excluding carboxylic acids is 2. The van der Waals surface area contributed by atoms with Crippen molar-refractivity contribution >= 4 is 28.3 Å². The molecule has 0 spiro atoms. The first-order valence-electron chi connectivity index (χ1n) is 8.25. The Morgan fingerprint density at radius 1 is 0.920 bits per heavy atom. The van der Waals surface area contributed by atoms with E-state index in [1.807, 2.05) is 18.2 Å². The van der Waals surface area contributed by atoms with Gasteiger partial charge in [0.1, 0.15) is 5.75 Å². The van der Waals surface area contributed by atoms with E-state index in [4.69, 9.17) is 4.74 Å². The van der Waals surface area contributed by atoms with Crippen molar-refractivity contribution in [2.24, 2.45) is 0 Å². The third-order valence-electron chi connectivity index (χ3n) is 4.50. The molecule has 3 aromatic carbocycles. The van der Waals surface area contributed by atoms with Gasteiger partial charge in [0.25, 0.3) is 5.91 Å². The third kappa shape index (κ3) is 2.87. The van der Waals surface area contributed by atoms with Crippen LogP contribution < -0.4 is 10.1 Å². The summed E-state index contributed by atoms with van der Waals surface area (Å²) in [6.45, 7) is 1.34. The molecular formula is C21H17NO3. The minimum absolute atomic E-state index is 0.187. The Balaban J connectivity index is 1.61. The molecule has 124 valence electrons. The van der Waals surface area contributed by atoms with Gasteiger partial charge in [-0.3, -0.25) is 9.59 Å². The summed E-state index contributed by atoms with van der Waals surface area (Å²) in [7, 11) is 0. The number of hydrogen-bond acceptors (Lipinski definition) is 3. The minimum Gasteiger partial charge on any atom is -0.427 e. The van der Waals surface area contributed by atoms with Crippen molar-refractivity contribution in [1.82, 2.24) is 0 Å². The standard InChI is InChI=1S/C21H17NO3/c1-13(23)25-17-10-7-16(8-11-17)21(24)22-19-12-9-15-6-5-14-3-2-4-18(19)20(14)15/h2-4,7-12H,5-6H2,1H3,(H,22,24). The van der Waals surface area contributed by atoms with E-state index in [0.29, 0.717) is 11.3 Å². The average Bonchev–Trinajstić information content (AvgIpc) is 3.02. The van der Waals surface area contributed by atoms with E-state index in [1.54, 1.807) is 24.3 Å². The Labute approximate surface area is 145 Å². The summed E-state index contributed by atoms with van der Waals surface area (Å²) >= 11 is 0. The van der Waals surface area contributed by atoms with Gasteiger partial charge in [-0.1, -0.05) is 24.3 Å². The first-order chi connectivity index (χ1) is 12.1. The average molecular weight is 331 g/mol. The first kappa shape index (κ1) is 15.4. The molecule has 4 nitrogen and oxygen atoms in total. The van der Waals surface area contributed by atoms with Crippen LogP contribution in [0.15, 0.2) is 54.6 Å². The summed E-state index contributed by atoms with van der Waals surface area (Å²) in [5.74, 6) is -0.146. The van der Waals surface area contributed by atoms with Crippen molar-refractivity contribution in [2.45, 2.75) is 19.8 Å². The zero-order valence-electron chi connectivity index (χ0n) is 13.8. The largest absolute Gasteiger partial charge is 0.427 e. The lowest BCUT2D eigenvalue weighted by Gasteiger charge is -2.11. The van der Waals surface area contributed by atoms with E-state index in [-0.39, 0.29) is 11.9 Å². The topological polar surface area (TPSA) is 55.4 Å². The highest BCUT2D eigenvalue weighted by atomic mass is 16.5. The van der Waals surface area contributed by atoms with Crippen LogP contribution in [0.4, 0.5) is 5.69 Å². The Morgan fingerprint density at radius 3 is 2.36 bits per heavy atom. The van der Waals surface area contributed by atoms with Gasteiger partial charge in [-0.05, 0) is 59.7 Å². The maximum absolute atomic E-state index is 12.6. The van der Waals surface area contributed by atoms with Crippen molar-refractivity contribution in [1.29, 1.82) is 0 Å². The summed E-state index contributed by atoms with van der Waals surface area (Å²) in [6.07, 6.45) is 2.11. The van der Waals surface area contributed by atoms with Gasteiger partial charge >= 0.3 is 5.97 Å². The molecule has 0 fully saturated rings. The van der Waals surface area contributed by atoms with E-state index in [9.17, 15) is 9.59 Å². The molecule has 0 bridgehead atoms. The molecule has 0 aliphatic heterocycles. The lowest BCUT2D eigenvalue weighted by atomic mass is 10.0. The van der Waals surface area contributed by atoms with Gasteiger partial charge in [-0.25, -0.2) is 0 Å². The number of benzene rings is 3. The van der Waals surface area contributed by atoms with Gasteiger partial charge in [-0.15, -0.1) is 0 Å². The molecule has 1 aliphatic rings. The number of hydrogen-bond donors (Lipinski definition) is 1. The second-order valence-corrected chi connectivity index (χ2v) is 6.18. The smallest absolute Gasteiger partial charge is 0.308 e. The number of esters is 1. The maximum atomic E-state index is 12.6. The Kier molecular flexibility index (Phi) is 3.73. The van der Waals surface area contributed by atoms with Gasteiger partial charge in [0.05, 0.1) is 0 Å². The monoisotopic (exact) mass is 331 g/mol. The highest BCUT2D eigenvalue weighted by Crippen LogP contribution is 2.35. The van der Waals surface area contributed by atoms with E-state index in [0.717, 1.165) is 23.9 Å². The second kappa shape index (κ2) is 6.06. The second-order valence-electron chi connectivity index (χ2n) is 6.18. The Bertz CT molecular complexity index is 980. The Hall–Kier alpha value is -3.14. The van der Waals surface area contributed by atoms with Crippen LogP contribution in [0.5, 0.6) is 5.75 Å². The number of nitrogens with one attached hydrogen (secondary N) is 1. The number of rotatable bonds is 3. The predicted molar refractivity (Wildman–Crippen MR) is 97.1 cm³/mol. The highest BCUT2D eigenvalue weighted by Gasteiger charge is 2.17. The normalized spacial score (nSPS) is 12.2. The van der Waals surface area contributed by atoms with E-state index < -0.39 is 0 Å². The van der Waals surface area contributed by atoms with E-state index in [2.05, 4.69) is 17.4 Å². The van der Waals surface area contributed by atoms with Crippen LogP contribution in [0.2, 0.25) is 0 Å². The summed E-state index contributed by atoms with van der Waals surface area (Å²) in [5.41, 5.74) is 4.01. The van der Waals surface area contributed by atoms with Gasteiger partial charge in [0.2, 0.25) is 0 Å². The third-order valence-corrected chi connectivity index (χ3v) is 4.50. The molecule has 25 heavy (non-hydrogen) atoms. The van der Waals surface area contributed by atoms with Crippen molar-refractivity contribution in [2.75, 3.05) is 5.32 Å². The molecule has 4 rings (SSSR count). The first-order valence-corrected chi connectivity index (χ1v) is 8.25. The lowest BCUT2D eigenvalue weighted by molar-refractivity contribution is -0.131. The molecule has 0 atom stereocenters. The van der Waals surface area contributed by atoms with Crippen molar-refractivity contribution in [3.63, 3.8) is 0 Å². The number of ether oxygens (including phenoxy) is 1. The molecule has 0 aromatic heterocycles. The number of aryl methyl sites for hydroxylation is 2.